The Hall–Kier alpha value is -1.14. The number of carbonyl (C=O) groups excluding carboxylic acids is 1. The summed E-state index contributed by atoms with van der Waals surface area (Å²) in [6, 6.07) is -0.00166. The van der Waals surface area contributed by atoms with Crippen LogP contribution in [0.4, 0.5) is 4.79 Å². The number of hydrogen-bond acceptors (Lipinski definition) is 4. The van der Waals surface area contributed by atoms with Gasteiger partial charge in [-0.05, 0) is 13.3 Å². The zero-order valence-electron chi connectivity index (χ0n) is 11.5. The van der Waals surface area contributed by atoms with Crippen LogP contribution in [0.15, 0.2) is 10.9 Å². The largest absolute Gasteiger partial charge is 0.372 e. The molecule has 0 aliphatic carbocycles. The average molecular weight is 283 g/mol. The van der Waals surface area contributed by atoms with Crippen molar-refractivity contribution in [2.75, 3.05) is 26.2 Å². The third kappa shape index (κ3) is 3.91. The van der Waals surface area contributed by atoms with Gasteiger partial charge < -0.3 is 15.0 Å². The summed E-state index contributed by atoms with van der Waals surface area (Å²) >= 11 is 1.58. The zero-order chi connectivity index (χ0) is 13.7. The Morgan fingerprint density at radius 3 is 3.21 bits per heavy atom. The first kappa shape index (κ1) is 14.3. The Bertz CT molecular complexity index is 410. The highest BCUT2D eigenvalue weighted by molar-refractivity contribution is 7.07. The van der Waals surface area contributed by atoms with Crippen molar-refractivity contribution in [3.05, 3.63) is 16.6 Å². The Labute approximate surface area is 118 Å². The van der Waals surface area contributed by atoms with Crippen LogP contribution >= 0.6 is 11.3 Å². The number of rotatable bonds is 4. The molecular weight excluding hydrogens is 262 g/mol. The molecule has 2 rings (SSSR count). The predicted molar refractivity (Wildman–Crippen MR) is 75.4 cm³/mol. The smallest absolute Gasteiger partial charge is 0.317 e. The summed E-state index contributed by atoms with van der Waals surface area (Å²) in [5.41, 5.74) is 2.64. The highest BCUT2D eigenvalue weighted by Gasteiger charge is 2.32. The third-order valence-corrected chi connectivity index (χ3v) is 4.15. The van der Waals surface area contributed by atoms with Gasteiger partial charge in [-0.2, -0.15) is 0 Å². The number of thiazole rings is 1. The quantitative estimate of drug-likeness (QED) is 0.918. The first-order valence-electron chi connectivity index (χ1n) is 6.67. The molecule has 19 heavy (non-hydrogen) atoms. The second-order valence-corrected chi connectivity index (χ2v) is 5.75. The van der Waals surface area contributed by atoms with E-state index in [-0.39, 0.29) is 11.6 Å². The van der Waals surface area contributed by atoms with Crippen molar-refractivity contribution >= 4 is 17.4 Å². The van der Waals surface area contributed by atoms with Gasteiger partial charge in [0.05, 0.1) is 30.0 Å². The standard InChI is InChI=1S/C13H21N3O2S/c1-3-13(2)9-16(6-7-18-13)12(17)14-5-4-11-8-19-10-15-11/h8,10H,3-7,9H2,1-2H3,(H,14,17)/t13-/m1/s1. The highest BCUT2D eigenvalue weighted by atomic mass is 32.1. The summed E-state index contributed by atoms with van der Waals surface area (Å²) in [5, 5.41) is 4.96. The van der Waals surface area contributed by atoms with Crippen molar-refractivity contribution in [3.8, 4) is 0 Å². The van der Waals surface area contributed by atoms with E-state index in [4.69, 9.17) is 4.74 Å². The summed E-state index contributed by atoms with van der Waals surface area (Å²) in [4.78, 5) is 18.1. The number of urea groups is 1. The van der Waals surface area contributed by atoms with Crippen LogP contribution in [0.1, 0.15) is 26.0 Å². The van der Waals surface area contributed by atoms with Crippen molar-refractivity contribution in [1.29, 1.82) is 0 Å². The van der Waals surface area contributed by atoms with E-state index >= 15 is 0 Å². The van der Waals surface area contributed by atoms with Gasteiger partial charge in [-0.15, -0.1) is 11.3 Å². The maximum absolute atomic E-state index is 12.1. The maximum atomic E-state index is 12.1. The Morgan fingerprint density at radius 1 is 1.68 bits per heavy atom. The van der Waals surface area contributed by atoms with Gasteiger partial charge >= 0.3 is 6.03 Å². The van der Waals surface area contributed by atoms with Crippen molar-refractivity contribution in [2.45, 2.75) is 32.3 Å². The molecule has 1 N–H and O–H groups in total. The molecule has 1 aromatic rings. The molecule has 6 heteroatoms. The fourth-order valence-electron chi connectivity index (χ4n) is 2.09. The van der Waals surface area contributed by atoms with E-state index in [9.17, 15) is 4.79 Å². The van der Waals surface area contributed by atoms with Crippen LogP contribution in [0.25, 0.3) is 0 Å². The monoisotopic (exact) mass is 283 g/mol. The number of carbonyl (C=O) groups is 1. The van der Waals surface area contributed by atoms with Crippen molar-refractivity contribution in [1.82, 2.24) is 15.2 Å². The summed E-state index contributed by atoms with van der Waals surface area (Å²) < 4.78 is 5.73. The van der Waals surface area contributed by atoms with E-state index in [1.54, 1.807) is 11.3 Å². The van der Waals surface area contributed by atoms with Gasteiger partial charge in [-0.1, -0.05) is 6.92 Å². The second-order valence-electron chi connectivity index (χ2n) is 5.04. The van der Waals surface area contributed by atoms with Crippen LogP contribution in [-0.4, -0.2) is 47.8 Å². The van der Waals surface area contributed by atoms with Gasteiger partial charge in [0, 0.05) is 24.9 Å². The average Bonchev–Trinajstić information content (AvgIpc) is 2.92. The topological polar surface area (TPSA) is 54.5 Å². The molecule has 0 saturated carbocycles. The Kier molecular flexibility index (Phi) is 4.76. The molecule has 1 aliphatic heterocycles. The third-order valence-electron chi connectivity index (χ3n) is 3.51. The van der Waals surface area contributed by atoms with E-state index in [1.165, 1.54) is 0 Å². The number of ether oxygens (including phenoxy) is 1. The minimum atomic E-state index is -0.204. The number of nitrogens with one attached hydrogen (secondary N) is 1. The minimum absolute atomic E-state index is 0.00166. The van der Waals surface area contributed by atoms with Crippen molar-refractivity contribution in [3.63, 3.8) is 0 Å². The Balaban J connectivity index is 1.76. The lowest BCUT2D eigenvalue weighted by Gasteiger charge is -2.39. The second kappa shape index (κ2) is 6.34. The minimum Gasteiger partial charge on any atom is -0.372 e. The van der Waals surface area contributed by atoms with Crippen LogP contribution in [0.5, 0.6) is 0 Å². The molecule has 2 heterocycles. The fraction of sp³-hybridized carbons (Fsp3) is 0.692. The SMILES string of the molecule is CC[C@]1(C)CN(C(=O)NCCc2cscn2)CCO1. The number of aromatic nitrogens is 1. The predicted octanol–water partition coefficient (Wildman–Crippen LogP) is 1.90. The lowest BCUT2D eigenvalue weighted by molar-refractivity contribution is -0.0872. The molecule has 5 nitrogen and oxygen atoms in total. The van der Waals surface area contributed by atoms with Crippen LogP contribution in [0, 0.1) is 0 Å². The molecule has 1 atom stereocenters. The number of morpholine rings is 1. The molecule has 1 aliphatic rings. The van der Waals surface area contributed by atoms with Crippen LogP contribution in [0.3, 0.4) is 0 Å². The molecule has 0 bridgehead atoms. The van der Waals surface area contributed by atoms with E-state index in [0.717, 1.165) is 18.5 Å². The maximum Gasteiger partial charge on any atom is 0.317 e. The molecule has 1 fully saturated rings. The van der Waals surface area contributed by atoms with E-state index in [1.807, 2.05) is 15.8 Å². The van der Waals surface area contributed by atoms with Crippen LogP contribution < -0.4 is 5.32 Å². The van der Waals surface area contributed by atoms with Gasteiger partial charge in [0.15, 0.2) is 0 Å². The van der Waals surface area contributed by atoms with Crippen LogP contribution in [0.2, 0.25) is 0 Å². The summed E-state index contributed by atoms with van der Waals surface area (Å²) in [6.45, 7) is 6.71. The first-order chi connectivity index (χ1) is 9.13. The molecular formula is C13H21N3O2S. The van der Waals surface area contributed by atoms with Crippen molar-refractivity contribution in [2.24, 2.45) is 0 Å². The number of hydrogen-bond donors (Lipinski definition) is 1. The van der Waals surface area contributed by atoms with Crippen molar-refractivity contribution < 1.29 is 9.53 Å². The first-order valence-corrected chi connectivity index (χ1v) is 7.61. The van der Waals surface area contributed by atoms with Gasteiger partial charge in [0.2, 0.25) is 0 Å². The van der Waals surface area contributed by atoms with E-state index in [2.05, 4.69) is 24.1 Å². The number of nitrogens with zero attached hydrogens (tertiary/aromatic N) is 2. The Morgan fingerprint density at radius 2 is 2.53 bits per heavy atom. The fourth-order valence-corrected chi connectivity index (χ4v) is 2.68. The molecule has 0 spiro atoms. The molecule has 0 aromatic carbocycles. The number of amides is 2. The van der Waals surface area contributed by atoms with E-state index in [0.29, 0.717) is 26.2 Å². The lowest BCUT2D eigenvalue weighted by Crippen LogP contribution is -2.54. The molecule has 0 unspecified atom stereocenters. The molecule has 2 amide bonds. The summed E-state index contributed by atoms with van der Waals surface area (Å²) in [5.74, 6) is 0. The molecule has 1 aromatic heterocycles. The van der Waals surface area contributed by atoms with Crippen LogP contribution in [-0.2, 0) is 11.2 Å². The van der Waals surface area contributed by atoms with Gasteiger partial charge in [0.25, 0.3) is 0 Å². The van der Waals surface area contributed by atoms with Gasteiger partial charge in [-0.3, -0.25) is 0 Å². The zero-order valence-corrected chi connectivity index (χ0v) is 12.3. The molecule has 1 saturated heterocycles. The summed E-state index contributed by atoms with van der Waals surface area (Å²) in [7, 11) is 0. The normalized spacial score (nSPS) is 23.4. The lowest BCUT2D eigenvalue weighted by atomic mass is 10.0. The van der Waals surface area contributed by atoms with E-state index < -0.39 is 0 Å². The summed E-state index contributed by atoms with van der Waals surface area (Å²) in [6.07, 6.45) is 1.69. The molecule has 0 radical (unpaired) electrons. The highest BCUT2D eigenvalue weighted by Crippen LogP contribution is 2.20. The molecule has 106 valence electrons. The van der Waals surface area contributed by atoms with Gasteiger partial charge in [-0.25, -0.2) is 9.78 Å². The van der Waals surface area contributed by atoms with Gasteiger partial charge in [0.1, 0.15) is 0 Å².